The molecule has 0 bridgehead atoms. The minimum absolute atomic E-state index is 0.364. The molecule has 0 aliphatic rings. The zero-order valence-electron chi connectivity index (χ0n) is 32.0. The van der Waals surface area contributed by atoms with Crippen molar-refractivity contribution in [1.82, 2.24) is 5.32 Å². The lowest BCUT2D eigenvalue weighted by Gasteiger charge is -2.27. The van der Waals surface area contributed by atoms with Crippen molar-refractivity contribution in [2.45, 2.75) is 244 Å². The zero-order valence-corrected chi connectivity index (χ0v) is 32.0. The average Bonchev–Trinajstić information content (AvgIpc) is 3.09. The second-order valence-corrected chi connectivity index (χ2v) is 14.7. The van der Waals surface area contributed by atoms with Crippen LogP contribution in [0.1, 0.15) is 219 Å². The molecule has 0 rings (SSSR count). The monoisotopic (exact) mass is 682 g/mol. The fourth-order valence-corrected chi connectivity index (χ4v) is 6.57. The molecule has 0 aliphatic heterocycles. The first kappa shape index (κ1) is 47.0. The molecule has 0 aliphatic carbocycles. The molecule has 5 N–H and O–H groups in total. The number of hydrogen-bond donors (Lipinski definition) is 5. The number of carbonyl (C=O) groups is 1. The van der Waals surface area contributed by atoms with Crippen molar-refractivity contribution >= 4 is 5.91 Å². The number of hydrogen-bond acceptors (Lipinski definition) is 5. The summed E-state index contributed by atoms with van der Waals surface area (Å²) < 4.78 is 0. The van der Waals surface area contributed by atoms with Crippen LogP contribution in [0.4, 0.5) is 0 Å². The van der Waals surface area contributed by atoms with Crippen LogP contribution in [-0.4, -0.2) is 57.3 Å². The van der Waals surface area contributed by atoms with E-state index in [0.29, 0.717) is 12.8 Å². The summed E-state index contributed by atoms with van der Waals surface area (Å²) in [6.07, 6.45) is 39.5. The summed E-state index contributed by atoms with van der Waals surface area (Å²) in [5, 5.41) is 43.5. The number of unbranched alkanes of at least 4 members (excludes halogenated alkanes) is 27. The standard InChI is InChI=1S/C42H83NO5/c1-3-5-7-9-11-13-15-16-17-18-19-20-21-22-23-24-26-28-30-32-34-36-40(46)42(48)43-38(37-44)41(47)39(45)35-33-31-29-27-25-14-12-10-8-6-4-2/h21-22,38-41,44-47H,3-20,23-37H2,1-2H3,(H,43,48)/b22-21-. The molecule has 0 radical (unpaired) electrons. The summed E-state index contributed by atoms with van der Waals surface area (Å²) in [5.74, 6) is -0.588. The van der Waals surface area contributed by atoms with Crippen molar-refractivity contribution in [3.05, 3.63) is 12.2 Å². The van der Waals surface area contributed by atoms with Gasteiger partial charge < -0.3 is 25.7 Å². The molecule has 1 amide bonds. The SMILES string of the molecule is CCCCCCCCCCCCC/C=C\CCCCCCCCC(O)C(=O)NC(CO)C(O)C(O)CCCCCCCCCCCCC. The van der Waals surface area contributed by atoms with Crippen LogP contribution >= 0.6 is 0 Å². The van der Waals surface area contributed by atoms with E-state index in [4.69, 9.17) is 0 Å². The Hall–Kier alpha value is -0.950. The molecule has 0 aromatic rings. The predicted octanol–water partition coefficient (Wildman–Crippen LogP) is 10.6. The molecule has 4 atom stereocenters. The van der Waals surface area contributed by atoms with E-state index < -0.39 is 36.9 Å². The maximum Gasteiger partial charge on any atom is 0.249 e. The van der Waals surface area contributed by atoms with Crippen molar-refractivity contribution < 1.29 is 25.2 Å². The largest absolute Gasteiger partial charge is 0.394 e. The van der Waals surface area contributed by atoms with Gasteiger partial charge in [-0.1, -0.05) is 193 Å². The number of rotatable bonds is 38. The summed E-state index contributed by atoms with van der Waals surface area (Å²) in [7, 11) is 0. The van der Waals surface area contributed by atoms with Crippen LogP contribution < -0.4 is 5.32 Å². The maximum atomic E-state index is 12.5. The topological polar surface area (TPSA) is 110 Å². The highest BCUT2D eigenvalue weighted by atomic mass is 16.3. The summed E-state index contributed by atoms with van der Waals surface area (Å²) in [6.45, 7) is 4.04. The van der Waals surface area contributed by atoms with Gasteiger partial charge in [0.05, 0.1) is 18.8 Å². The van der Waals surface area contributed by atoms with E-state index in [1.54, 1.807) is 0 Å². The van der Waals surface area contributed by atoms with Crippen LogP contribution in [0.2, 0.25) is 0 Å². The van der Waals surface area contributed by atoms with Gasteiger partial charge in [-0.3, -0.25) is 4.79 Å². The van der Waals surface area contributed by atoms with Gasteiger partial charge in [-0.2, -0.15) is 0 Å². The Balaban J connectivity index is 3.72. The van der Waals surface area contributed by atoms with Crippen LogP contribution in [0, 0.1) is 0 Å². The molecule has 48 heavy (non-hydrogen) atoms. The van der Waals surface area contributed by atoms with Crippen molar-refractivity contribution in [2.75, 3.05) is 6.61 Å². The van der Waals surface area contributed by atoms with E-state index in [1.807, 2.05) is 0 Å². The third kappa shape index (κ3) is 31.1. The van der Waals surface area contributed by atoms with Gasteiger partial charge in [0.15, 0.2) is 0 Å². The molecule has 4 unspecified atom stereocenters. The molecule has 6 nitrogen and oxygen atoms in total. The highest BCUT2D eigenvalue weighted by molar-refractivity contribution is 5.80. The molecular formula is C42H83NO5. The summed E-state index contributed by atoms with van der Waals surface area (Å²) in [6, 6.07) is -0.983. The van der Waals surface area contributed by atoms with Gasteiger partial charge in [-0.05, 0) is 38.5 Å². The summed E-state index contributed by atoms with van der Waals surface area (Å²) >= 11 is 0. The van der Waals surface area contributed by atoms with E-state index in [0.717, 1.165) is 44.9 Å². The zero-order chi connectivity index (χ0) is 35.3. The highest BCUT2D eigenvalue weighted by Crippen LogP contribution is 2.16. The van der Waals surface area contributed by atoms with Crippen molar-refractivity contribution in [3.8, 4) is 0 Å². The summed E-state index contributed by atoms with van der Waals surface area (Å²) in [4.78, 5) is 12.5. The number of aliphatic hydroxyl groups is 4. The molecule has 0 saturated carbocycles. The molecule has 0 aromatic carbocycles. The number of nitrogens with one attached hydrogen (secondary N) is 1. The Morgan fingerprint density at radius 2 is 0.833 bits per heavy atom. The third-order valence-corrected chi connectivity index (χ3v) is 9.98. The minimum Gasteiger partial charge on any atom is -0.394 e. The molecule has 6 heteroatoms. The molecule has 0 heterocycles. The Kier molecular flexibility index (Phi) is 36.6. The van der Waals surface area contributed by atoms with Crippen molar-refractivity contribution in [3.63, 3.8) is 0 Å². The van der Waals surface area contributed by atoms with Crippen LogP contribution in [0.25, 0.3) is 0 Å². The lowest BCUT2D eigenvalue weighted by atomic mass is 9.99. The van der Waals surface area contributed by atoms with Crippen LogP contribution in [0.5, 0.6) is 0 Å². The van der Waals surface area contributed by atoms with Crippen LogP contribution in [0.15, 0.2) is 12.2 Å². The molecule has 0 spiro atoms. The molecule has 286 valence electrons. The minimum atomic E-state index is -1.26. The number of allylic oxidation sites excluding steroid dienone is 2. The van der Waals surface area contributed by atoms with Gasteiger partial charge in [-0.15, -0.1) is 0 Å². The van der Waals surface area contributed by atoms with Crippen LogP contribution in [0.3, 0.4) is 0 Å². The average molecular weight is 682 g/mol. The maximum absolute atomic E-state index is 12.5. The highest BCUT2D eigenvalue weighted by Gasteiger charge is 2.28. The lowest BCUT2D eigenvalue weighted by molar-refractivity contribution is -0.132. The molecule has 0 fully saturated rings. The Morgan fingerprint density at radius 1 is 0.500 bits per heavy atom. The fourth-order valence-electron chi connectivity index (χ4n) is 6.57. The molecule has 0 saturated heterocycles. The van der Waals surface area contributed by atoms with Gasteiger partial charge in [0.2, 0.25) is 5.91 Å². The van der Waals surface area contributed by atoms with E-state index in [9.17, 15) is 25.2 Å². The van der Waals surface area contributed by atoms with E-state index in [1.165, 1.54) is 148 Å². The van der Waals surface area contributed by atoms with E-state index >= 15 is 0 Å². The third-order valence-electron chi connectivity index (χ3n) is 9.98. The van der Waals surface area contributed by atoms with E-state index in [2.05, 4.69) is 31.3 Å². The predicted molar refractivity (Wildman–Crippen MR) is 205 cm³/mol. The van der Waals surface area contributed by atoms with Gasteiger partial charge in [-0.25, -0.2) is 0 Å². The van der Waals surface area contributed by atoms with Gasteiger partial charge in [0.25, 0.3) is 0 Å². The smallest absolute Gasteiger partial charge is 0.249 e. The first-order chi connectivity index (χ1) is 23.5. The Bertz CT molecular complexity index is 687. The van der Waals surface area contributed by atoms with Gasteiger partial charge >= 0.3 is 0 Å². The Labute approximate surface area is 298 Å². The van der Waals surface area contributed by atoms with Gasteiger partial charge in [0.1, 0.15) is 12.2 Å². The first-order valence-electron chi connectivity index (χ1n) is 21.1. The molecular weight excluding hydrogens is 598 g/mol. The van der Waals surface area contributed by atoms with Crippen LogP contribution in [-0.2, 0) is 4.79 Å². The Morgan fingerprint density at radius 3 is 1.21 bits per heavy atom. The first-order valence-corrected chi connectivity index (χ1v) is 21.1. The number of aliphatic hydroxyl groups excluding tert-OH is 4. The molecule has 0 aromatic heterocycles. The lowest BCUT2D eigenvalue weighted by Crippen LogP contribution is -2.53. The number of carbonyl (C=O) groups excluding carboxylic acids is 1. The van der Waals surface area contributed by atoms with E-state index in [-0.39, 0.29) is 0 Å². The van der Waals surface area contributed by atoms with Crippen molar-refractivity contribution in [1.29, 1.82) is 0 Å². The van der Waals surface area contributed by atoms with Crippen molar-refractivity contribution in [2.24, 2.45) is 0 Å². The second kappa shape index (κ2) is 37.3. The fraction of sp³-hybridized carbons (Fsp3) is 0.929. The number of amides is 1. The van der Waals surface area contributed by atoms with Gasteiger partial charge in [0, 0.05) is 0 Å². The quantitative estimate of drug-likeness (QED) is 0.0329. The normalized spacial score (nSPS) is 14.4. The second-order valence-electron chi connectivity index (χ2n) is 14.7. The summed E-state index contributed by atoms with van der Waals surface area (Å²) in [5.41, 5.74) is 0.